The highest BCUT2D eigenvalue weighted by molar-refractivity contribution is 5.96. The zero-order valence-corrected chi connectivity index (χ0v) is 14.4. The van der Waals surface area contributed by atoms with Gasteiger partial charge >= 0.3 is 12.0 Å². The van der Waals surface area contributed by atoms with Crippen LogP contribution in [0.25, 0.3) is 0 Å². The standard InChI is InChI=1S/C17H20N4O4/c1-10(2)15-19-16(25-20-15)13-8-11-6-4-5-7-12(11)21(13)17(23)18-9-14(22)24-3/h4-7,10,13H,8-9H2,1-3H3,(H,18,23). The fourth-order valence-corrected chi connectivity index (χ4v) is 2.76. The Morgan fingerprint density at radius 2 is 2.16 bits per heavy atom. The van der Waals surface area contributed by atoms with Crippen LogP contribution in [-0.2, 0) is 16.0 Å². The Bertz CT molecular complexity index is 786. The van der Waals surface area contributed by atoms with Crippen molar-refractivity contribution in [1.82, 2.24) is 15.5 Å². The lowest BCUT2D eigenvalue weighted by Crippen LogP contribution is -2.43. The van der Waals surface area contributed by atoms with Crippen molar-refractivity contribution in [1.29, 1.82) is 0 Å². The molecular weight excluding hydrogens is 324 g/mol. The van der Waals surface area contributed by atoms with Gasteiger partial charge in [-0.25, -0.2) is 4.79 Å². The molecule has 2 amide bonds. The number of amides is 2. The molecule has 8 nitrogen and oxygen atoms in total. The minimum atomic E-state index is -0.516. The number of anilines is 1. The number of nitrogens with zero attached hydrogens (tertiary/aromatic N) is 3. The quantitative estimate of drug-likeness (QED) is 0.854. The smallest absolute Gasteiger partial charge is 0.325 e. The van der Waals surface area contributed by atoms with Crippen molar-refractivity contribution in [2.75, 3.05) is 18.6 Å². The van der Waals surface area contributed by atoms with Gasteiger partial charge in [-0.2, -0.15) is 4.98 Å². The van der Waals surface area contributed by atoms with E-state index < -0.39 is 18.0 Å². The summed E-state index contributed by atoms with van der Waals surface area (Å²) in [5, 5.41) is 6.55. The first-order valence-corrected chi connectivity index (χ1v) is 8.06. The van der Waals surface area contributed by atoms with Crippen LogP contribution in [0.1, 0.15) is 43.1 Å². The van der Waals surface area contributed by atoms with Crippen LogP contribution in [0.5, 0.6) is 0 Å². The van der Waals surface area contributed by atoms with Crippen molar-refractivity contribution >= 4 is 17.7 Å². The summed E-state index contributed by atoms with van der Waals surface area (Å²) in [5.41, 5.74) is 1.77. The first-order chi connectivity index (χ1) is 12.0. The van der Waals surface area contributed by atoms with Crippen LogP contribution in [-0.4, -0.2) is 35.8 Å². The van der Waals surface area contributed by atoms with E-state index in [0.717, 1.165) is 11.3 Å². The Kier molecular flexibility index (Phi) is 4.69. The van der Waals surface area contributed by atoms with Crippen LogP contribution in [0.15, 0.2) is 28.8 Å². The third kappa shape index (κ3) is 3.33. The molecule has 0 fully saturated rings. The lowest BCUT2D eigenvalue weighted by atomic mass is 10.1. The molecule has 8 heteroatoms. The molecule has 2 heterocycles. The van der Waals surface area contributed by atoms with Crippen LogP contribution >= 0.6 is 0 Å². The number of esters is 1. The van der Waals surface area contributed by atoms with Crippen molar-refractivity contribution in [3.8, 4) is 0 Å². The van der Waals surface area contributed by atoms with E-state index in [1.807, 2.05) is 38.1 Å². The number of carbonyl (C=O) groups excluding carboxylic acids is 2. The van der Waals surface area contributed by atoms with Crippen molar-refractivity contribution in [3.63, 3.8) is 0 Å². The molecule has 1 unspecified atom stereocenters. The van der Waals surface area contributed by atoms with Gasteiger partial charge in [-0.1, -0.05) is 37.2 Å². The molecule has 0 saturated carbocycles. The number of rotatable bonds is 4. The van der Waals surface area contributed by atoms with Gasteiger partial charge in [-0.15, -0.1) is 0 Å². The van der Waals surface area contributed by atoms with Crippen molar-refractivity contribution < 1.29 is 18.8 Å². The first-order valence-electron chi connectivity index (χ1n) is 8.06. The number of methoxy groups -OCH3 is 1. The molecule has 1 aromatic heterocycles. The van der Waals surface area contributed by atoms with Gasteiger partial charge in [0.05, 0.1) is 7.11 Å². The molecule has 3 rings (SSSR count). The fourth-order valence-electron chi connectivity index (χ4n) is 2.76. The van der Waals surface area contributed by atoms with E-state index in [1.54, 1.807) is 4.90 Å². The number of benzene rings is 1. The topological polar surface area (TPSA) is 97.6 Å². The average Bonchev–Trinajstić information content (AvgIpc) is 3.23. The van der Waals surface area contributed by atoms with E-state index in [1.165, 1.54) is 7.11 Å². The van der Waals surface area contributed by atoms with Gasteiger partial charge in [0.2, 0.25) is 5.89 Å². The van der Waals surface area contributed by atoms with E-state index in [4.69, 9.17) is 4.52 Å². The molecule has 0 radical (unpaired) electrons. The number of carbonyl (C=O) groups is 2. The molecular formula is C17H20N4O4. The van der Waals surface area contributed by atoms with E-state index >= 15 is 0 Å². The Morgan fingerprint density at radius 1 is 1.40 bits per heavy atom. The summed E-state index contributed by atoms with van der Waals surface area (Å²) in [6.07, 6.45) is 0.571. The molecule has 0 bridgehead atoms. The number of para-hydroxylation sites is 1. The molecule has 1 aromatic carbocycles. The molecule has 2 aromatic rings. The monoisotopic (exact) mass is 344 g/mol. The lowest BCUT2D eigenvalue weighted by molar-refractivity contribution is -0.139. The van der Waals surface area contributed by atoms with Gasteiger partial charge in [0.15, 0.2) is 5.82 Å². The summed E-state index contributed by atoms with van der Waals surface area (Å²) in [6.45, 7) is 3.74. The zero-order chi connectivity index (χ0) is 18.0. The van der Waals surface area contributed by atoms with Crippen LogP contribution in [0.2, 0.25) is 0 Å². The van der Waals surface area contributed by atoms with Crippen LogP contribution in [0.4, 0.5) is 10.5 Å². The van der Waals surface area contributed by atoms with Crippen LogP contribution in [0.3, 0.4) is 0 Å². The Balaban J connectivity index is 1.88. The highest BCUT2D eigenvalue weighted by Gasteiger charge is 2.38. The Morgan fingerprint density at radius 3 is 2.84 bits per heavy atom. The maximum atomic E-state index is 12.7. The summed E-state index contributed by atoms with van der Waals surface area (Å²) in [6, 6.07) is 6.76. The molecule has 132 valence electrons. The van der Waals surface area contributed by atoms with Crippen molar-refractivity contribution in [3.05, 3.63) is 41.5 Å². The number of ether oxygens (including phenoxy) is 1. The Hall–Kier alpha value is -2.90. The number of hydrogen-bond acceptors (Lipinski definition) is 6. The largest absolute Gasteiger partial charge is 0.468 e. The van der Waals surface area contributed by atoms with E-state index in [-0.39, 0.29) is 12.5 Å². The van der Waals surface area contributed by atoms with Crippen molar-refractivity contribution in [2.45, 2.75) is 32.2 Å². The minimum absolute atomic E-state index is 0.128. The zero-order valence-electron chi connectivity index (χ0n) is 14.4. The lowest BCUT2D eigenvalue weighted by Gasteiger charge is -2.23. The van der Waals surface area contributed by atoms with E-state index in [2.05, 4.69) is 20.2 Å². The second-order valence-corrected chi connectivity index (χ2v) is 6.10. The molecule has 25 heavy (non-hydrogen) atoms. The SMILES string of the molecule is COC(=O)CNC(=O)N1c2ccccc2CC1c1nc(C(C)C)no1. The highest BCUT2D eigenvalue weighted by atomic mass is 16.5. The normalized spacial score (nSPS) is 16.0. The molecule has 1 aliphatic heterocycles. The number of aromatic nitrogens is 2. The predicted octanol–water partition coefficient (Wildman–Crippen LogP) is 2.18. The molecule has 1 atom stereocenters. The maximum Gasteiger partial charge on any atom is 0.325 e. The van der Waals surface area contributed by atoms with Gasteiger partial charge in [0.1, 0.15) is 12.6 Å². The van der Waals surface area contributed by atoms with Gasteiger partial charge < -0.3 is 14.6 Å². The summed E-state index contributed by atoms with van der Waals surface area (Å²) < 4.78 is 9.95. The van der Waals surface area contributed by atoms with Gasteiger partial charge in [0.25, 0.3) is 0 Å². The summed E-state index contributed by atoms with van der Waals surface area (Å²) in [4.78, 5) is 30.0. The third-order valence-corrected chi connectivity index (χ3v) is 4.07. The van der Waals surface area contributed by atoms with Crippen LogP contribution in [0, 0.1) is 0 Å². The van der Waals surface area contributed by atoms with Gasteiger partial charge in [0, 0.05) is 18.0 Å². The first kappa shape index (κ1) is 16.9. The van der Waals surface area contributed by atoms with E-state index in [9.17, 15) is 9.59 Å². The highest BCUT2D eigenvalue weighted by Crippen LogP contribution is 2.39. The number of nitrogens with one attached hydrogen (secondary N) is 1. The average molecular weight is 344 g/mol. The Labute approximate surface area is 145 Å². The number of urea groups is 1. The summed E-state index contributed by atoms with van der Waals surface area (Å²) in [7, 11) is 1.27. The van der Waals surface area contributed by atoms with E-state index in [0.29, 0.717) is 18.1 Å². The second-order valence-electron chi connectivity index (χ2n) is 6.10. The van der Waals surface area contributed by atoms with Crippen molar-refractivity contribution in [2.24, 2.45) is 0 Å². The van der Waals surface area contributed by atoms with Gasteiger partial charge in [-0.05, 0) is 11.6 Å². The van der Waals surface area contributed by atoms with Crippen LogP contribution < -0.4 is 10.2 Å². The van der Waals surface area contributed by atoms with Gasteiger partial charge in [-0.3, -0.25) is 9.69 Å². The summed E-state index contributed by atoms with van der Waals surface area (Å²) in [5.74, 6) is 0.592. The number of fused-ring (bicyclic) bond motifs is 1. The maximum absolute atomic E-state index is 12.7. The molecule has 1 N–H and O–H groups in total. The molecule has 1 aliphatic rings. The molecule has 0 spiro atoms. The fraction of sp³-hybridized carbons (Fsp3) is 0.412. The number of hydrogen-bond donors (Lipinski definition) is 1. The summed E-state index contributed by atoms with van der Waals surface area (Å²) >= 11 is 0. The second kappa shape index (κ2) is 6.92. The predicted molar refractivity (Wildman–Crippen MR) is 89.2 cm³/mol. The molecule has 0 saturated heterocycles. The molecule has 0 aliphatic carbocycles. The third-order valence-electron chi connectivity index (χ3n) is 4.07. The minimum Gasteiger partial charge on any atom is -0.468 e.